The third-order valence-electron chi connectivity index (χ3n) is 3.39. The van der Waals surface area contributed by atoms with Crippen LogP contribution in [-0.4, -0.2) is 36.2 Å². The second-order valence-electron chi connectivity index (χ2n) is 4.89. The summed E-state index contributed by atoms with van der Waals surface area (Å²) < 4.78 is 5.48. The van der Waals surface area contributed by atoms with Crippen LogP contribution in [0.3, 0.4) is 0 Å². The Balaban J connectivity index is 1.68. The minimum Gasteiger partial charge on any atom is -0.375 e. The largest absolute Gasteiger partial charge is 0.375 e. The Labute approximate surface area is 127 Å². The summed E-state index contributed by atoms with van der Waals surface area (Å²) in [5.74, 6) is -0.101. The number of nitrogens with one attached hydrogen (secondary N) is 2. The lowest BCUT2D eigenvalue weighted by Gasteiger charge is -2.28. The Hall–Kier alpha value is -1.76. The van der Waals surface area contributed by atoms with Gasteiger partial charge in [-0.15, -0.1) is 0 Å². The van der Waals surface area contributed by atoms with Gasteiger partial charge in [-0.3, -0.25) is 4.79 Å². The van der Waals surface area contributed by atoms with Crippen LogP contribution in [0.25, 0.3) is 10.4 Å². The summed E-state index contributed by atoms with van der Waals surface area (Å²) >= 11 is 1.47. The van der Waals surface area contributed by atoms with E-state index in [4.69, 9.17) is 4.74 Å². The summed E-state index contributed by atoms with van der Waals surface area (Å²) in [6, 6.07) is 9.66. The molecule has 3 rings (SSSR count). The van der Waals surface area contributed by atoms with Gasteiger partial charge in [-0.05, 0) is 12.5 Å². The summed E-state index contributed by atoms with van der Waals surface area (Å²) in [5, 5.41) is 6.64. The quantitative estimate of drug-likeness (QED) is 0.912. The SMILES string of the molecule is C[C@H]1OCCN[C@@H]1C(=O)Nc1ncc(-c2ccccc2)s1. The highest BCUT2D eigenvalue weighted by molar-refractivity contribution is 7.19. The number of amides is 1. The Morgan fingerprint density at radius 1 is 1.43 bits per heavy atom. The molecule has 0 radical (unpaired) electrons. The molecule has 2 N–H and O–H groups in total. The van der Waals surface area contributed by atoms with Crippen LogP contribution >= 0.6 is 11.3 Å². The molecule has 0 unspecified atom stereocenters. The molecule has 0 saturated carbocycles. The number of rotatable bonds is 3. The Kier molecular flexibility index (Phi) is 4.28. The molecular formula is C15H17N3O2S. The highest BCUT2D eigenvalue weighted by atomic mass is 32.1. The molecule has 110 valence electrons. The molecule has 2 aromatic rings. The van der Waals surface area contributed by atoms with E-state index in [-0.39, 0.29) is 18.1 Å². The van der Waals surface area contributed by atoms with E-state index >= 15 is 0 Å². The lowest BCUT2D eigenvalue weighted by molar-refractivity contribution is -0.123. The van der Waals surface area contributed by atoms with E-state index in [1.807, 2.05) is 37.3 Å². The smallest absolute Gasteiger partial charge is 0.245 e. The number of morpholine rings is 1. The van der Waals surface area contributed by atoms with E-state index in [2.05, 4.69) is 15.6 Å². The van der Waals surface area contributed by atoms with Gasteiger partial charge in [0.15, 0.2) is 5.13 Å². The first-order valence-electron chi connectivity index (χ1n) is 6.91. The van der Waals surface area contributed by atoms with E-state index in [1.54, 1.807) is 6.20 Å². The van der Waals surface area contributed by atoms with Crippen molar-refractivity contribution in [3.05, 3.63) is 36.5 Å². The maximum atomic E-state index is 12.2. The average molecular weight is 303 g/mol. The summed E-state index contributed by atoms with van der Waals surface area (Å²) in [4.78, 5) is 17.5. The standard InChI is InChI=1S/C15H17N3O2S/c1-10-13(16-7-8-20-10)14(19)18-15-17-9-12(21-15)11-5-3-2-4-6-11/h2-6,9-10,13,16H,7-8H2,1H3,(H,17,18,19)/t10-,13+/m1/s1. The monoisotopic (exact) mass is 303 g/mol. The van der Waals surface area contributed by atoms with Gasteiger partial charge in [0.2, 0.25) is 5.91 Å². The number of aromatic nitrogens is 1. The summed E-state index contributed by atoms with van der Waals surface area (Å²) in [7, 11) is 0. The minimum absolute atomic E-state index is 0.101. The predicted octanol–water partition coefficient (Wildman–Crippen LogP) is 2.13. The van der Waals surface area contributed by atoms with E-state index < -0.39 is 0 Å². The molecule has 1 fully saturated rings. The van der Waals surface area contributed by atoms with Crippen LogP contribution in [0.5, 0.6) is 0 Å². The third kappa shape index (κ3) is 3.29. The van der Waals surface area contributed by atoms with Gasteiger partial charge >= 0.3 is 0 Å². The van der Waals surface area contributed by atoms with Crippen LogP contribution < -0.4 is 10.6 Å². The molecule has 1 aliphatic rings. The van der Waals surface area contributed by atoms with Gasteiger partial charge in [0.05, 0.1) is 17.6 Å². The van der Waals surface area contributed by atoms with Crippen molar-refractivity contribution >= 4 is 22.4 Å². The second kappa shape index (κ2) is 6.34. The second-order valence-corrected chi connectivity index (χ2v) is 5.92. The number of ether oxygens (including phenoxy) is 1. The number of carbonyl (C=O) groups excluding carboxylic acids is 1. The zero-order valence-corrected chi connectivity index (χ0v) is 12.5. The summed E-state index contributed by atoms with van der Waals surface area (Å²) in [5.41, 5.74) is 1.10. The van der Waals surface area contributed by atoms with Gasteiger partial charge in [0.1, 0.15) is 6.04 Å². The highest BCUT2D eigenvalue weighted by Crippen LogP contribution is 2.28. The number of hydrogen-bond donors (Lipinski definition) is 2. The van der Waals surface area contributed by atoms with Crippen LogP contribution in [0.4, 0.5) is 5.13 Å². The number of benzene rings is 1. The zero-order valence-electron chi connectivity index (χ0n) is 11.7. The zero-order chi connectivity index (χ0) is 14.7. The first-order valence-corrected chi connectivity index (χ1v) is 7.73. The molecule has 2 heterocycles. The van der Waals surface area contributed by atoms with E-state index in [1.165, 1.54) is 11.3 Å². The third-order valence-corrected chi connectivity index (χ3v) is 4.35. The molecule has 5 nitrogen and oxygen atoms in total. The van der Waals surface area contributed by atoms with Gasteiger partial charge < -0.3 is 15.4 Å². The van der Waals surface area contributed by atoms with E-state index in [0.29, 0.717) is 18.3 Å². The van der Waals surface area contributed by atoms with Gasteiger partial charge in [-0.1, -0.05) is 41.7 Å². The van der Waals surface area contributed by atoms with Gasteiger partial charge in [-0.2, -0.15) is 0 Å². The molecule has 1 amide bonds. The van der Waals surface area contributed by atoms with Crippen molar-refractivity contribution in [2.24, 2.45) is 0 Å². The molecule has 6 heteroatoms. The lowest BCUT2D eigenvalue weighted by Crippen LogP contribution is -2.53. The lowest BCUT2D eigenvalue weighted by atomic mass is 10.1. The van der Waals surface area contributed by atoms with Crippen molar-refractivity contribution < 1.29 is 9.53 Å². The van der Waals surface area contributed by atoms with Crippen molar-refractivity contribution in [3.8, 4) is 10.4 Å². The van der Waals surface area contributed by atoms with Crippen molar-refractivity contribution in [3.63, 3.8) is 0 Å². The molecule has 2 atom stereocenters. The minimum atomic E-state index is -0.331. The fraction of sp³-hybridized carbons (Fsp3) is 0.333. The maximum Gasteiger partial charge on any atom is 0.245 e. The molecule has 1 aliphatic heterocycles. The first kappa shape index (κ1) is 14.2. The van der Waals surface area contributed by atoms with Crippen LogP contribution in [0, 0.1) is 0 Å². The Morgan fingerprint density at radius 3 is 3.00 bits per heavy atom. The van der Waals surface area contributed by atoms with Crippen LogP contribution in [0.2, 0.25) is 0 Å². The summed E-state index contributed by atoms with van der Waals surface area (Å²) in [6.45, 7) is 3.23. The molecule has 1 aromatic heterocycles. The molecular weight excluding hydrogens is 286 g/mol. The molecule has 0 aliphatic carbocycles. The van der Waals surface area contributed by atoms with Gasteiger partial charge in [-0.25, -0.2) is 4.98 Å². The number of thiazole rings is 1. The van der Waals surface area contributed by atoms with Crippen molar-refractivity contribution in [2.75, 3.05) is 18.5 Å². The fourth-order valence-electron chi connectivity index (χ4n) is 2.28. The van der Waals surface area contributed by atoms with Crippen LogP contribution in [0.15, 0.2) is 36.5 Å². The molecule has 0 spiro atoms. The highest BCUT2D eigenvalue weighted by Gasteiger charge is 2.28. The van der Waals surface area contributed by atoms with E-state index in [9.17, 15) is 4.79 Å². The van der Waals surface area contributed by atoms with Crippen molar-refractivity contribution in [1.82, 2.24) is 10.3 Å². The molecule has 21 heavy (non-hydrogen) atoms. The Bertz CT molecular complexity index is 614. The number of hydrogen-bond acceptors (Lipinski definition) is 5. The fourth-order valence-corrected chi connectivity index (χ4v) is 3.10. The molecule has 0 bridgehead atoms. The number of carbonyl (C=O) groups is 1. The molecule has 1 saturated heterocycles. The van der Waals surface area contributed by atoms with Crippen LogP contribution in [0.1, 0.15) is 6.92 Å². The average Bonchev–Trinajstić information content (AvgIpc) is 2.97. The summed E-state index contributed by atoms with van der Waals surface area (Å²) in [6.07, 6.45) is 1.65. The number of anilines is 1. The van der Waals surface area contributed by atoms with Gasteiger partial charge in [0, 0.05) is 12.7 Å². The number of nitrogens with zero attached hydrogens (tertiary/aromatic N) is 1. The maximum absolute atomic E-state index is 12.2. The van der Waals surface area contributed by atoms with Crippen molar-refractivity contribution in [1.29, 1.82) is 0 Å². The molecule has 1 aromatic carbocycles. The van der Waals surface area contributed by atoms with Crippen LogP contribution in [-0.2, 0) is 9.53 Å². The van der Waals surface area contributed by atoms with E-state index in [0.717, 1.165) is 10.4 Å². The first-order chi connectivity index (χ1) is 10.2. The Morgan fingerprint density at radius 2 is 2.24 bits per heavy atom. The van der Waals surface area contributed by atoms with Gasteiger partial charge in [0.25, 0.3) is 0 Å². The topological polar surface area (TPSA) is 63.2 Å². The van der Waals surface area contributed by atoms with Crippen molar-refractivity contribution in [2.45, 2.75) is 19.1 Å². The predicted molar refractivity (Wildman–Crippen MR) is 83.4 cm³/mol. The normalized spacial score (nSPS) is 22.0.